The Morgan fingerprint density at radius 2 is 1.90 bits per heavy atom. The minimum absolute atomic E-state index is 0.0802. The number of nitrogens with zero attached hydrogens (tertiary/aromatic N) is 1. The number of benzene rings is 2. The minimum atomic E-state index is -0.0802. The van der Waals surface area contributed by atoms with Crippen molar-refractivity contribution in [2.24, 2.45) is 5.73 Å². The zero-order chi connectivity index (χ0) is 20.4. The van der Waals surface area contributed by atoms with Gasteiger partial charge in [-0.3, -0.25) is 9.78 Å². The van der Waals surface area contributed by atoms with Crippen molar-refractivity contribution in [2.45, 2.75) is 45.7 Å². The topological polar surface area (TPSA) is 68.0 Å². The first kappa shape index (κ1) is 19.3. The SMILES string of the molecule is Cc1cc(C(=O)NCc2cc(C)ccc2CN)cc(-c2ncccc2C2CC2)c1. The van der Waals surface area contributed by atoms with E-state index < -0.39 is 0 Å². The van der Waals surface area contributed by atoms with Gasteiger partial charge in [0.25, 0.3) is 5.91 Å². The van der Waals surface area contributed by atoms with Crippen LogP contribution in [-0.4, -0.2) is 10.9 Å². The molecule has 3 aromatic rings. The Morgan fingerprint density at radius 3 is 2.66 bits per heavy atom. The molecule has 0 spiro atoms. The van der Waals surface area contributed by atoms with Crippen LogP contribution in [0.5, 0.6) is 0 Å². The maximum absolute atomic E-state index is 12.9. The van der Waals surface area contributed by atoms with Gasteiger partial charge in [0.15, 0.2) is 0 Å². The van der Waals surface area contributed by atoms with Crippen molar-refractivity contribution in [3.8, 4) is 11.3 Å². The van der Waals surface area contributed by atoms with E-state index in [0.717, 1.165) is 33.5 Å². The van der Waals surface area contributed by atoms with E-state index in [4.69, 9.17) is 5.73 Å². The summed E-state index contributed by atoms with van der Waals surface area (Å²) in [6.07, 6.45) is 4.27. The summed E-state index contributed by atoms with van der Waals surface area (Å²) < 4.78 is 0. The number of hydrogen-bond acceptors (Lipinski definition) is 3. The smallest absolute Gasteiger partial charge is 0.251 e. The van der Waals surface area contributed by atoms with Gasteiger partial charge < -0.3 is 11.1 Å². The molecule has 1 aromatic heterocycles. The first-order valence-electron chi connectivity index (χ1n) is 10.2. The molecule has 0 unspecified atom stereocenters. The molecule has 4 nitrogen and oxygen atoms in total. The molecule has 3 N–H and O–H groups in total. The zero-order valence-electron chi connectivity index (χ0n) is 17.0. The molecule has 1 aliphatic carbocycles. The molecule has 4 rings (SSSR count). The Labute approximate surface area is 172 Å². The third-order valence-electron chi connectivity index (χ3n) is 5.49. The molecule has 0 atom stereocenters. The first-order valence-corrected chi connectivity index (χ1v) is 10.2. The van der Waals surface area contributed by atoms with Crippen molar-refractivity contribution >= 4 is 5.91 Å². The molecule has 29 heavy (non-hydrogen) atoms. The van der Waals surface area contributed by atoms with Crippen molar-refractivity contribution in [2.75, 3.05) is 0 Å². The second kappa shape index (κ2) is 8.18. The van der Waals surface area contributed by atoms with Crippen LogP contribution in [0.25, 0.3) is 11.3 Å². The number of carbonyl (C=O) groups excluding carboxylic acids is 1. The van der Waals surface area contributed by atoms with E-state index in [9.17, 15) is 4.79 Å². The van der Waals surface area contributed by atoms with Gasteiger partial charge in [0, 0.05) is 30.4 Å². The molecule has 1 aliphatic rings. The third kappa shape index (κ3) is 4.38. The van der Waals surface area contributed by atoms with Crippen molar-refractivity contribution in [1.29, 1.82) is 0 Å². The zero-order valence-corrected chi connectivity index (χ0v) is 17.0. The summed E-state index contributed by atoms with van der Waals surface area (Å²) in [7, 11) is 0. The molecule has 1 fully saturated rings. The van der Waals surface area contributed by atoms with Crippen molar-refractivity contribution in [3.63, 3.8) is 0 Å². The van der Waals surface area contributed by atoms with Crippen LogP contribution in [0.15, 0.2) is 54.7 Å². The number of nitrogens with one attached hydrogen (secondary N) is 1. The maximum atomic E-state index is 12.9. The molecule has 1 heterocycles. The van der Waals surface area contributed by atoms with Crippen LogP contribution in [0.2, 0.25) is 0 Å². The molecule has 0 radical (unpaired) electrons. The van der Waals surface area contributed by atoms with Crippen LogP contribution in [0.4, 0.5) is 0 Å². The number of rotatable bonds is 6. The standard InChI is InChI=1S/C25H27N3O/c1-16-5-6-19(14-26)22(10-16)15-28-25(29)21-12-17(2)11-20(13-21)24-23(18-7-8-18)4-3-9-27-24/h3-6,9-13,18H,7-8,14-15,26H2,1-2H3,(H,28,29). The lowest BCUT2D eigenvalue weighted by Crippen LogP contribution is -2.24. The largest absolute Gasteiger partial charge is 0.348 e. The Bertz CT molecular complexity index is 1050. The third-order valence-corrected chi connectivity index (χ3v) is 5.49. The van der Waals surface area contributed by atoms with Crippen LogP contribution >= 0.6 is 0 Å². The van der Waals surface area contributed by atoms with Crippen molar-refractivity contribution < 1.29 is 4.79 Å². The van der Waals surface area contributed by atoms with Gasteiger partial charge in [-0.25, -0.2) is 0 Å². The van der Waals surface area contributed by atoms with Gasteiger partial charge in [-0.1, -0.05) is 29.8 Å². The van der Waals surface area contributed by atoms with E-state index in [1.54, 1.807) is 0 Å². The highest BCUT2D eigenvalue weighted by Crippen LogP contribution is 2.43. The van der Waals surface area contributed by atoms with Crippen molar-refractivity contribution in [1.82, 2.24) is 10.3 Å². The summed E-state index contributed by atoms with van der Waals surface area (Å²) in [5, 5.41) is 3.06. The normalized spacial score (nSPS) is 13.3. The Kier molecular flexibility index (Phi) is 5.45. The van der Waals surface area contributed by atoms with Crippen LogP contribution in [-0.2, 0) is 13.1 Å². The highest BCUT2D eigenvalue weighted by atomic mass is 16.1. The summed E-state index contributed by atoms with van der Waals surface area (Å²) in [6.45, 7) is 4.99. The molecule has 4 heteroatoms. The fourth-order valence-electron chi connectivity index (χ4n) is 3.83. The molecule has 2 aromatic carbocycles. The second-order valence-corrected chi connectivity index (χ2v) is 7.96. The number of nitrogens with two attached hydrogens (primary N) is 1. The van der Waals surface area contributed by atoms with E-state index in [-0.39, 0.29) is 5.91 Å². The van der Waals surface area contributed by atoms with Gasteiger partial charge >= 0.3 is 0 Å². The number of carbonyl (C=O) groups is 1. The Morgan fingerprint density at radius 1 is 1.07 bits per heavy atom. The van der Waals surface area contributed by atoms with Crippen molar-refractivity contribution in [3.05, 3.63) is 88.1 Å². The number of aromatic nitrogens is 1. The molecule has 1 amide bonds. The van der Waals surface area contributed by atoms with Gasteiger partial charge in [0.1, 0.15) is 0 Å². The van der Waals surface area contributed by atoms with E-state index >= 15 is 0 Å². The molecule has 0 bridgehead atoms. The van der Waals surface area contributed by atoms with Gasteiger partial charge in [-0.2, -0.15) is 0 Å². The fourth-order valence-corrected chi connectivity index (χ4v) is 3.83. The summed E-state index contributed by atoms with van der Waals surface area (Å²) in [5.41, 5.74) is 14.1. The quantitative estimate of drug-likeness (QED) is 0.650. The maximum Gasteiger partial charge on any atom is 0.251 e. The minimum Gasteiger partial charge on any atom is -0.348 e. The molecular formula is C25H27N3O. The summed E-state index contributed by atoms with van der Waals surface area (Å²) in [6, 6.07) is 16.3. The van der Waals surface area contributed by atoms with Crippen LogP contribution in [0.3, 0.4) is 0 Å². The molecule has 148 valence electrons. The van der Waals surface area contributed by atoms with Crippen LogP contribution in [0.1, 0.15) is 56.9 Å². The molecule has 0 saturated heterocycles. The average molecular weight is 386 g/mol. The lowest BCUT2D eigenvalue weighted by atomic mass is 9.98. The number of aryl methyl sites for hydroxylation is 2. The first-order chi connectivity index (χ1) is 14.0. The van der Waals surface area contributed by atoms with E-state index in [1.807, 2.05) is 50.4 Å². The Balaban J connectivity index is 1.58. The molecule has 1 saturated carbocycles. The van der Waals surface area contributed by atoms with E-state index in [1.165, 1.54) is 18.4 Å². The summed E-state index contributed by atoms with van der Waals surface area (Å²) in [5.74, 6) is 0.524. The van der Waals surface area contributed by atoms with Gasteiger partial charge in [-0.05, 0) is 79.1 Å². The average Bonchev–Trinajstić information content (AvgIpc) is 3.57. The molecular weight excluding hydrogens is 358 g/mol. The second-order valence-electron chi connectivity index (χ2n) is 7.96. The van der Waals surface area contributed by atoms with Crippen LogP contribution < -0.4 is 11.1 Å². The predicted octanol–water partition coefficient (Wildman–Crippen LogP) is 4.63. The lowest BCUT2D eigenvalue weighted by Gasteiger charge is -2.13. The van der Waals surface area contributed by atoms with E-state index in [0.29, 0.717) is 24.6 Å². The van der Waals surface area contributed by atoms with Crippen LogP contribution in [0, 0.1) is 13.8 Å². The van der Waals surface area contributed by atoms with Gasteiger partial charge in [0.05, 0.1) is 5.69 Å². The predicted molar refractivity (Wildman–Crippen MR) is 117 cm³/mol. The van der Waals surface area contributed by atoms with Gasteiger partial charge in [-0.15, -0.1) is 0 Å². The fraction of sp³-hybridized carbons (Fsp3) is 0.280. The monoisotopic (exact) mass is 385 g/mol. The highest BCUT2D eigenvalue weighted by Gasteiger charge is 2.27. The van der Waals surface area contributed by atoms with Gasteiger partial charge in [0.2, 0.25) is 0 Å². The number of pyridine rings is 1. The highest BCUT2D eigenvalue weighted by molar-refractivity contribution is 5.95. The summed E-state index contributed by atoms with van der Waals surface area (Å²) >= 11 is 0. The van der Waals surface area contributed by atoms with E-state index in [2.05, 4.69) is 28.5 Å². The number of hydrogen-bond donors (Lipinski definition) is 2. The number of amides is 1. The Hall–Kier alpha value is -2.98. The lowest BCUT2D eigenvalue weighted by molar-refractivity contribution is 0.0950. The molecule has 0 aliphatic heterocycles. The summed E-state index contributed by atoms with van der Waals surface area (Å²) in [4.78, 5) is 17.5.